The SMILES string of the molecule is COc1ccc([N+](=O)[O-])c(C(=O)NC(Cc2ccccc2)C(=O)NC(CC(C)C)C(=O)N(C)N(C)C#N)c1. The topological polar surface area (TPSA) is 158 Å². The Hall–Kier alpha value is -4.66. The standard InChI is InChI=1S/C26H32N6O6/c1-17(2)13-22(26(35)31(4)30(3)16-27)29-25(34)21(14-18-9-7-6-8-10-18)28-24(33)20-15-19(38-5)11-12-23(20)32(36)37/h6-12,15,17,21-22H,13-14H2,1-5H3,(H,28,33)(H,29,34). The van der Waals surface area contributed by atoms with Crippen LogP contribution in [-0.2, 0) is 16.0 Å². The van der Waals surface area contributed by atoms with Crippen LogP contribution in [0.3, 0.4) is 0 Å². The Morgan fingerprint density at radius 2 is 1.74 bits per heavy atom. The smallest absolute Gasteiger partial charge is 0.282 e. The Morgan fingerprint density at radius 3 is 2.29 bits per heavy atom. The number of nitro groups is 1. The minimum Gasteiger partial charge on any atom is -0.497 e. The van der Waals surface area contributed by atoms with E-state index >= 15 is 0 Å². The lowest BCUT2D eigenvalue weighted by Gasteiger charge is -2.30. The quantitative estimate of drug-likeness (QED) is 0.185. The molecule has 0 heterocycles. The van der Waals surface area contributed by atoms with Crippen LogP contribution in [0.1, 0.15) is 36.2 Å². The van der Waals surface area contributed by atoms with Gasteiger partial charge >= 0.3 is 0 Å². The van der Waals surface area contributed by atoms with Gasteiger partial charge in [0.25, 0.3) is 17.5 Å². The van der Waals surface area contributed by atoms with Crippen LogP contribution >= 0.6 is 0 Å². The van der Waals surface area contributed by atoms with Gasteiger partial charge in [0.1, 0.15) is 23.4 Å². The Kier molecular flexibility index (Phi) is 10.6. The summed E-state index contributed by atoms with van der Waals surface area (Å²) in [4.78, 5) is 50.6. The fraction of sp³-hybridized carbons (Fsp3) is 0.385. The molecule has 0 aromatic heterocycles. The summed E-state index contributed by atoms with van der Waals surface area (Å²) in [7, 11) is 4.18. The zero-order chi connectivity index (χ0) is 28.4. The zero-order valence-corrected chi connectivity index (χ0v) is 22.0. The molecule has 0 spiro atoms. The summed E-state index contributed by atoms with van der Waals surface area (Å²) in [5, 5.41) is 28.1. The molecule has 2 atom stereocenters. The van der Waals surface area contributed by atoms with Crippen molar-refractivity contribution < 1.29 is 24.0 Å². The van der Waals surface area contributed by atoms with Gasteiger partial charge in [-0.15, -0.1) is 0 Å². The molecular formula is C26H32N6O6. The number of nitro benzene ring substituents is 1. The molecule has 0 saturated carbocycles. The van der Waals surface area contributed by atoms with E-state index in [1.54, 1.807) is 30.3 Å². The molecule has 0 aliphatic carbocycles. The van der Waals surface area contributed by atoms with Gasteiger partial charge in [-0.3, -0.25) is 24.5 Å². The van der Waals surface area contributed by atoms with E-state index < -0.39 is 40.4 Å². The van der Waals surface area contributed by atoms with Crippen molar-refractivity contribution in [2.45, 2.75) is 38.8 Å². The molecule has 0 bridgehead atoms. The summed E-state index contributed by atoms with van der Waals surface area (Å²) in [5.41, 5.74) is 0.00255. The number of nitriles is 1. The molecule has 0 aliphatic heterocycles. The lowest BCUT2D eigenvalue weighted by Crippen LogP contribution is -2.56. The van der Waals surface area contributed by atoms with E-state index in [9.17, 15) is 24.5 Å². The third-order valence-corrected chi connectivity index (χ3v) is 5.78. The third kappa shape index (κ3) is 7.92. The molecule has 12 nitrogen and oxygen atoms in total. The molecule has 12 heteroatoms. The molecule has 2 rings (SSSR count). The Morgan fingerprint density at radius 1 is 1.08 bits per heavy atom. The van der Waals surface area contributed by atoms with Crippen molar-refractivity contribution in [2.24, 2.45) is 5.92 Å². The van der Waals surface area contributed by atoms with E-state index in [0.717, 1.165) is 21.6 Å². The number of hydrogen-bond donors (Lipinski definition) is 2. The molecule has 3 amide bonds. The van der Waals surface area contributed by atoms with Crippen molar-refractivity contribution in [3.05, 3.63) is 69.8 Å². The molecule has 38 heavy (non-hydrogen) atoms. The normalized spacial score (nSPS) is 12.0. The largest absolute Gasteiger partial charge is 0.497 e. The lowest BCUT2D eigenvalue weighted by atomic mass is 10.0. The van der Waals surface area contributed by atoms with E-state index in [1.165, 1.54) is 33.3 Å². The highest BCUT2D eigenvalue weighted by Gasteiger charge is 2.31. The number of hydrogen-bond acceptors (Lipinski definition) is 8. The van der Waals surface area contributed by atoms with Gasteiger partial charge in [0, 0.05) is 26.6 Å². The van der Waals surface area contributed by atoms with Gasteiger partial charge in [0.05, 0.1) is 12.0 Å². The summed E-state index contributed by atoms with van der Waals surface area (Å²) in [6.45, 7) is 3.76. The number of hydrazine groups is 1. The number of ether oxygens (including phenoxy) is 1. The third-order valence-electron chi connectivity index (χ3n) is 5.78. The van der Waals surface area contributed by atoms with Gasteiger partial charge in [-0.1, -0.05) is 44.2 Å². The van der Waals surface area contributed by atoms with Gasteiger partial charge in [-0.25, -0.2) is 10.0 Å². The predicted octanol–water partition coefficient (Wildman–Crippen LogP) is 2.26. The summed E-state index contributed by atoms with van der Waals surface area (Å²) in [6.07, 6.45) is 2.18. The Balaban J connectivity index is 2.40. The average Bonchev–Trinajstić information content (AvgIpc) is 2.90. The monoisotopic (exact) mass is 524 g/mol. The van der Waals surface area contributed by atoms with Crippen molar-refractivity contribution >= 4 is 23.4 Å². The molecule has 2 N–H and O–H groups in total. The number of rotatable bonds is 12. The summed E-state index contributed by atoms with van der Waals surface area (Å²) in [6, 6.07) is 10.5. The molecule has 0 aliphatic rings. The molecule has 0 radical (unpaired) electrons. The Labute approximate surface area is 221 Å². The van der Waals surface area contributed by atoms with Crippen LogP contribution in [-0.4, -0.2) is 66.0 Å². The maximum Gasteiger partial charge on any atom is 0.282 e. The van der Waals surface area contributed by atoms with Crippen LogP contribution in [0.25, 0.3) is 0 Å². The zero-order valence-electron chi connectivity index (χ0n) is 22.0. The van der Waals surface area contributed by atoms with Crippen LogP contribution in [0.4, 0.5) is 5.69 Å². The molecule has 0 saturated heterocycles. The maximum absolute atomic E-state index is 13.5. The number of carbonyl (C=O) groups is 3. The number of likely N-dealkylation sites (N-methyl/N-ethyl adjacent to an activating group) is 1. The van der Waals surface area contributed by atoms with Gasteiger partial charge in [-0.05, 0) is 30.0 Å². The maximum atomic E-state index is 13.5. The first-order valence-corrected chi connectivity index (χ1v) is 11.9. The molecule has 202 valence electrons. The number of benzene rings is 2. The summed E-state index contributed by atoms with van der Waals surface area (Å²) in [5.74, 6) is -1.76. The van der Waals surface area contributed by atoms with E-state index in [0.29, 0.717) is 0 Å². The van der Waals surface area contributed by atoms with Gasteiger partial charge in [-0.2, -0.15) is 5.26 Å². The van der Waals surface area contributed by atoms with Crippen LogP contribution in [0.5, 0.6) is 5.75 Å². The first kappa shape index (κ1) is 29.6. The fourth-order valence-corrected chi connectivity index (χ4v) is 3.68. The molecule has 2 unspecified atom stereocenters. The fourth-order valence-electron chi connectivity index (χ4n) is 3.68. The van der Waals surface area contributed by atoms with Crippen LogP contribution < -0.4 is 15.4 Å². The van der Waals surface area contributed by atoms with Crippen LogP contribution in [0.2, 0.25) is 0 Å². The first-order valence-electron chi connectivity index (χ1n) is 11.9. The van der Waals surface area contributed by atoms with E-state index in [4.69, 9.17) is 10.00 Å². The van der Waals surface area contributed by atoms with Crippen molar-refractivity contribution in [3.63, 3.8) is 0 Å². The Bertz CT molecular complexity index is 1200. The average molecular weight is 525 g/mol. The molecule has 2 aromatic rings. The van der Waals surface area contributed by atoms with E-state index in [1.807, 2.05) is 20.0 Å². The van der Waals surface area contributed by atoms with Gasteiger partial charge in [0.2, 0.25) is 5.91 Å². The minimum atomic E-state index is -1.17. The van der Waals surface area contributed by atoms with Crippen LogP contribution in [0.15, 0.2) is 48.5 Å². The second kappa shape index (κ2) is 13.6. The lowest BCUT2D eigenvalue weighted by molar-refractivity contribution is -0.385. The van der Waals surface area contributed by atoms with Gasteiger partial charge < -0.3 is 15.4 Å². The number of nitrogens with zero attached hydrogens (tertiary/aromatic N) is 4. The highest BCUT2D eigenvalue weighted by Crippen LogP contribution is 2.24. The summed E-state index contributed by atoms with van der Waals surface area (Å²) >= 11 is 0. The highest BCUT2D eigenvalue weighted by atomic mass is 16.6. The van der Waals surface area contributed by atoms with Crippen LogP contribution in [0, 0.1) is 27.5 Å². The molecule has 2 aromatic carbocycles. The second-order valence-electron chi connectivity index (χ2n) is 9.03. The number of carbonyl (C=O) groups excluding carboxylic acids is 3. The summed E-state index contributed by atoms with van der Waals surface area (Å²) < 4.78 is 5.10. The van der Waals surface area contributed by atoms with Crippen molar-refractivity contribution in [1.29, 1.82) is 5.26 Å². The van der Waals surface area contributed by atoms with E-state index in [-0.39, 0.29) is 30.1 Å². The predicted molar refractivity (Wildman–Crippen MR) is 139 cm³/mol. The number of amides is 3. The highest BCUT2D eigenvalue weighted by molar-refractivity contribution is 6.01. The second-order valence-corrected chi connectivity index (χ2v) is 9.03. The van der Waals surface area contributed by atoms with Crippen molar-refractivity contribution in [3.8, 4) is 11.9 Å². The van der Waals surface area contributed by atoms with Crippen molar-refractivity contribution in [1.82, 2.24) is 20.7 Å². The van der Waals surface area contributed by atoms with E-state index in [2.05, 4.69) is 10.6 Å². The number of nitrogens with one attached hydrogen (secondary N) is 2. The first-order chi connectivity index (χ1) is 18.0. The number of methoxy groups -OCH3 is 1. The van der Waals surface area contributed by atoms with Crippen molar-refractivity contribution in [2.75, 3.05) is 21.2 Å². The minimum absolute atomic E-state index is 0.0200. The molecule has 0 fully saturated rings. The van der Waals surface area contributed by atoms with Gasteiger partial charge in [0.15, 0.2) is 6.19 Å². The molecular weight excluding hydrogens is 492 g/mol.